The highest BCUT2D eigenvalue weighted by atomic mass is 127. The molecular weight excluding hydrogens is 489 g/mol. The van der Waals surface area contributed by atoms with Crippen LogP contribution in [-0.4, -0.2) is 43.9 Å². The number of nitrogens with zero attached hydrogens (tertiary/aromatic N) is 1. The largest absolute Gasteiger partial charge is 1.00 e. The van der Waals surface area contributed by atoms with Crippen LogP contribution in [-0.2, 0) is 4.74 Å². The molecule has 0 unspecified atom stereocenters. The van der Waals surface area contributed by atoms with E-state index in [0.29, 0.717) is 0 Å². The summed E-state index contributed by atoms with van der Waals surface area (Å²) in [5, 5.41) is 0. The summed E-state index contributed by atoms with van der Waals surface area (Å²) in [4.78, 5) is 0. The van der Waals surface area contributed by atoms with E-state index in [-0.39, 0.29) is 17.0 Å². The van der Waals surface area contributed by atoms with Crippen LogP contribution in [0.15, 0.2) is 0 Å². The van der Waals surface area contributed by atoms with Crippen LogP contribution in [0.4, 0.5) is 0 Å². The van der Waals surface area contributed by atoms with Crippen LogP contribution in [0.25, 0.3) is 0 Å². The fourth-order valence-corrected chi connectivity index (χ4v) is 3.85. The van der Waals surface area contributed by atoms with Gasteiger partial charge >= 0.3 is 0 Å². The molecule has 1 fully saturated rings. The Kier molecular flexibility index (Phi) is 18.6. The van der Waals surface area contributed by atoms with Gasteiger partial charge in [0.05, 0.1) is 19.8 Å². The molecule has 1 heterocycles. The topological polar surface area (TPSA) is 9.23 Å². The van der Waals surface area contributed by atoms with Crippen molar-refractivity contribution >= 4 is 22.6 Å². The lowest BCUT2D eigenvalue weighted by atomic mass is 10.0. The summed E-state index contributed by atoms with van der Waals surface area (Å²) in [5.41, 5.74) is 0. The number of hydrogen-bond donors (Lipinski definition) is 0. The van der Waals surface area contributed by atoms with Crippen molar-refractivity contribution in [2.75, 3.05) is 39.4 Å². The van der Waals surface area contributed by atoms with E-state index in [9.17, 15) is 0 Å². The molecule has 0 amide bonds. The van der Waals surface area contributed by atoms with Gasteiger partial charge in [-0.15, -0.1) is 0 Å². The minimum Gasteiger partial charge on any atom is -1.00 e. The van der Waals surface area contributed by atoms with Crippen molar-refractivity contribution in [3.63, 3.8) is 0 Å². The molecule has 0 atom stereocenters. The molecule has 2 nitrogen and oxygen atoms in total. The van der Waals surface area contributed by atoms with Crippen LogP contribution in [0.2, 0.25) is 0 Å². The summed E-state index contributed by atoms with van der Waals surface area (Å²) in [7, 11) is 0. The van der Waals surface area contributed by atoms with Crippen molar-refractivity contribution in [2.45, 2.75) is 84.0 Å². The van der Waals surface area contributed by atoms with Crippen molar-refractivity contribution in [1.29, 1.82) is 0 Å². The fraction of sp³-hybridized carbons (Fsp3) is 0.905. The van der Waals surface area contributed by atoms with Gasteiger partial charge in [0.1, 0.15) is 19.6 Å². The summed E-state index contributed by atoms with van der Waals surface area (Å²) in [6.07, 6.45) is 17.1. The van der Waals surface area contributed by atoms with Crippen LogP contribution in [0, 0.1) is 9.85 Å². The number of hydrogen-bond acceptors (Lipinski definition) is 1. The van der Waals surface area contributed by atoms with Gasteiger partial charge in [0.15, 0.2) is 0 Å². The third kappa shape index (κ3) is 13.5. The second-order valence-electron chi connectivity index (χ2n) is 7.44. The molecule has 0 aromatic carbocycles. The molecule has 0 bridgehead atoms. The van der Waals surface area contributed by atoms with E-state index in [4.69, 9.17) is 4.74 Å². The molecule has 148 valence electrons. The molecule has 0 radical (unpaired) electrons. The summed E-state index contributed by atoms with van der Waals surface area (Å²) in [5.74, 6) is 3.31. The second-order valence-corrected chi connectivity index (χ2v) is 7.98. The van der Waals surface area contributed by atoms with Crippen molar-refractivity contribution in [1.82, 2.24) is 0 Å². The first kappa shape index (κ1) is 25.7. The van der Waals surface area contributed by atoms with Crippen LogP contribution in [0.1, 0.15) is 84.0 Å². The Hall–Kier alpha value is 0.690. The molecule has 1 rings (SSSR count). The van der Waals surface area contributed by atoms with Gasteiger partial charge < -0.3 is 26.2 Å². The molecule has 0 saturated carbocycles. The minimum atomic E-state index is 0. The highest BCUT2D eigenvalue weighted by molar-refractivity contribution is 14.1. The first-order valence-corrected chi connectivity index (χ1v) is 11.4. The number of halogens is 2. The Bertz CT molecular complexity index is 348. The van der Waals surface area contributed by atoms with E-state index >= 15 is 0 Å². The quantitative estimate of drug-likeness (QED) is 0.146. The molecule has 0 aromatic rings. The lowest BCUT2D eigenvalue weighted by Gasteiger charge is -2.40. The SMILES string of the molecule is CCCCCCCCCCCCCC[N+]1(CC#CI)CCOCC1.[Br-]. The maximum Gasteiger partial charge on any atom is 0.141 e. The predicted octanol–water partition coefficient (Wildman–Crippen LogP) is 2.93. The van der Waals surface area contributed by atoms with Gasteiger partial charge in [0.2, 0.25) is 0 Å². The smallest absolute Gasteiger partial charge is 0.141 e. The van der Waals surface area contributed by atoms with Crippen molar-refractivity contribution in [3.8, 4) is 9.85 Å². The van der Waals surface area contributed by atoms with E-state index in [1.807, 2.05) is 0 Å². The number of ether oxygens (including phenoxy) is 1. The maximum absolute atomic E-state index is 5.55. The van der Waals surface area contributed by atoms with Crippen LogP contribution >= 0.6 is 22.6 Å². The third-order valence-corrected chi connectivity index (χ3v) is 5.77. The molecule has 0 aromatic heterocycles. The van der Waals surface area contributed by atoms with E-state index < -0.39 is 0 Å². The summed E-state index contributed by atoms with van der Waals surface area (Å²) in [6, 6.07) is 0. The molecule has 0 spiro atoms. The molecule has 0 N–H and O–H groups in total. The predicted molar refractivity (Wildman–Crippen MR) is 113 cm³/mol. The van der Waals surface area contributed by atoms with Crippen molar-refractivity contribution < 1.29 is 26.2 Å². The van der Waals surface area contributed by atoms with Gasteiger partial charge in [-0.1, -0.05) is 71.1 Å². The zero-order valence-electron chi connectivity index (χ0n) is 16.3. The van der Waals surface area contributed by atoms with Gasteiger partial charge in [-0.2, -0.15) is 0 Å². The summed E-state index contributed by atoms with van der Waals surface area (Å²) in [6.45, 7) is 8.76. The summed E-state index contributed by atoms with van der Waals surface area (Å²) >= 11 is 2.16. The number of quaternary nitrogens is 1. The third-order valence-electron chi connectivity index (χ3n) is 5.39. The lowest BCUT2D eigenvalue weighted by molar-refractivity contribution is -0.928. The molecule has 25 heavy (non-hydrogen) atoms. The fourth-order valence-electron chi connectivity index (χ4n) is 3.68. The Labute approximate surface area is 181 Å². The number of rotatable bonds is 14. The Morgan fingerprint density at radius 3 is 1.76 bits per heavy atom. The molecule has 1 aliphatic heterocycles. The zero-order chi connectivity index (χ0) is 17.3. The molecule has 1 aliphatic rings. The number of morpholine rings is 1. The van der Waals surface area contributed by atoms with Gasteiger partial charge in [-0.25, -0.2) is 0 Å². The summed E-state index contributed by atoms with van der Waals surface area (Å²) < 4.78 is 9.78. The molecule has 0 aliphatic carbocycles. The van der Waals surface area contributed by atoms with Gasteiger partial charge in [0, 0.05) is 22.6 Å². The van der Waals surface area contributed by atoms with Gasteiger partial charge in [-0.05, 0) is 22.7 Å². The normalized spacial score (nSPS) is 15.9. The standard InChI is InChI=1S/C21H39INO.BrH/c1-2-3-4-5-6-7-8-9-10-11-12-13-16-23(17-14-15-22)18-20-24-21-19-23;/h2-13,16-21H2,1H3;1H/q+1;/p-1. The zero-order valence-corrected chi connectivity index (χ0v) is 20.1. The number of unbranched alkanes of at least 4 members (excludes halogenated alkanes) is 11. The van der Waals surface area contributed by atoms with Crippen LogP contribution in [0.3, 0.4) is 0 Å². The van der Waals surface area contributed by atoms with Crippen LogP contribution < -0.4 is 17.0 Å². The van der Waals surface area contributed by atoms with E-state index in [2.05, 4.69) is 39.4 Å². The lowest BCUT2D eigenvalue weighted by Crippen LogP contribution is -3.00. The Morgan fingerprint density at radius 1 is 0.800 bits per heavy atom. The first-order valence-electron chi connectivity index (χ1n) is 10.3. The van der Waals surface area contributed by atoms with Crippen LogP contribution in [0.5, 0.6) is 0 Å². The average Bonchev–Trinajstić information content (AvgIpc) is 2.62. The first-order chi connectivity index (χ1) is 11.8. The Morgan fingerprint density at radius 2 is 1.28 bits per heavy atom. The Balaban J connectivity index is 0.00000576. The van der Waals surface area contributed by atoms with Gasteiger partial charge in [-0.3, -0.25) is 0 Å². The van der Waals surface area contributed by atoms with Crippen molar-refractivity contribution in [2.24, 2.45) is 0 Å². The molecule has 4 heteroatoms. The van der Waals surface area contributed by atoms with Gasteiger partial charge in [0.25, 0.3) is 0 Å². The second kappa shape index (κ2) is 18.1. The van der Waals surface area contributed by atoms with E-state index in [1.54, 1.807) is 0 Å². The van der Waals surface area contributed by atoms with E-state index in [1.165, 1.54) is 88.1 Å². The highest BCUT2D eigenvalue weighted by Crippen LogP contribution is 2.16. The van der Waals surface area contributed by atoms with E-state index in [0.717, 1.165) is 32.8 Å². The minimum absolute atomic E-state index is 0. The molecular formula is C21H39BrINO. The maximum atomic E-state index is 5.55. The average molecular weight is 528 g/mol. The monoisotopic (exact) mass is 527 g/mol. The van der Waals surface area contributed by atoms with Crippen molar-refractivity contribution in [3.05, 3.63) is 0 Å². The highest BCUT2D eigenvalue weighted by Gasteiger charge is 2.28. The molecule has 1 saturated heterocycles.